The van der Waals surface area contributed by atoms with Crippen molar-refractivity contribution in [3.8, 4) is 5.75 Å². The van der Waals surface area contributed by atoms with E-state index in [4.69, 9.17) is 4.74 Å². The van der Waals surface area contributed by atoms with Gasteiger partial charge >= 0.3 is 0 Å². The second-order valence-electron chi connectivity index (χ2n) is 6.16. The van der Waals surface area contributed by atoms with Gasteiger partial charge in [0.2, 0.25) is 5.91 Å². The fourth-order valence-corrected chi connectivity index (χ4v) is 4.89. The van der Waals surface area contributed by atoms with Crippen molar-refractivity contribution >= 4 is 37.3 Å². The van der Waals surface area contributed by atoms with Gasteiger partial charge in [0.05, 0.1) is 28.0 Å². The number of benzene rings is 2. The number of methoxy groups -OCH3 is 1. The lowest BCUT2D eigenvalue weighted by molar-refractivity contribution is -0.117. The molecule has 0 radical (unpaired) electrons. The van der Waals surface area contributed by atoms with Crippen LogP contribution in [0.3, 0.4) is 0 Å². The molecule has 1 aromatic heterocycles. The predicted molar refractivity (Wildman–Crippen MR) is 106 cm³/mol. The van der Waals surface area contributed by atoms with Gasteiger partial charge in [0.1, 0.15) is 5.75 Å². The molecule has 0 saturated heterocycles. The normalized spacial score (nSPS) is 12.5. The predicted octanol–water partition coefficient (Wildman–Crippen LogP) is 2.85. The topological polar surface area (TPSA) is 77.7 Å². The Bertz CT molecular complexity index is 1160. The smallest absolute Gasteiger partial charge is 0.249 e. The van der Waals surface area contributed by atoms with Crippen LogP contribution in [0.2, 0.25) is 0 Å². The molecule has 0 N–H and O–H groups in total. The van der Waals surface area contributed by atoms with Crippen molar-refractivity contribution in [3.63, 3.8) is 0 Å². The molecule has 27 heavy (non-hydrogen) atoms. The molecular formula is C19H20N2O4S2. The number of nitrogens with zero attached hydrogens (tertiary/aromatic N) is 2. The Kier molecular flexibility index (Phi) is 5.48. The lowest BCUT2D eigenvalue weighted by Crippen LogP contribution is -2.15. The molecule has 0 aliphatic carbocycles. The van der Waals surface area contributed by atoms with E-state index in [1.165, 1.54) is 11.3 Å². The summed E-state index contributed by atoms with van der Waals surface area (Å²) in [6.45, 7) is 1.89. The van der Waals surface area contributed by atoms with Gasteiger partial charge in [0, 0.05) is 13.5 Å². The standard InChI is InChI=1S/C19H20N2O4S2/c1-13-4-7-15(8-5-13)27(23,24)11-10-18(22)20-19-21(2)16-9-6-14(25-3)12-17(16)26-19/h4-9,12H,10-11H2,1-3H3. The highest BCUT2D eigenvalue weighted by molar-refractivity contribution is 7.91. The zero-order valence-electron chi connectivity index (χ0n) is 15.3. The molecule has 0 aliphatic heterocycles. The van der Waals surface area contributed by atoms with Crippen LogP contribution < -0.4 is 9.54 Å². The maximum absolute atomic E-state index is 12.4. The van der Waals surface area contributed by atoms with Crippen LogP contribution in [0.25, 0.3) is 10.2 Å². The van der Waals surface area contributed by atoms with E-state index < -0.39 is 15.7 Å². The zero-order valence-corrected chi connectivity index (χ0v) is 16.9. The van der Waals surface area contributed by atoms with Crippen molar-refractivity contribution in [3.05, 3.63) is 52.8 Å². The van der Waals surface area contributed by atoms with Gasteiger partial charge in [-0.15, -0.1) is 0 Å². The maximum Gasteiger partial charge on any atom is 0.249 e. The molecule has 1 heterocycles. The molecule has 0 aliphatic rings. The summed E-state index contributed by atoms with van der Waals surface area (Å²) in [6.07, 6.45) is -0.159. The molecule has 142 valence electrons. The third kappa shape index (κ3) is 4.28. The van der Waals surface area contributed by atoms with Crippen molar-refractivity contribution in [2.45, 2.75) is 18.2 Å². The Morgan fingerprint density at radius 1 is 1.19 bits per heavy atom. The highest BCUT2D eigenvalue weighted by Gasteiger charge is 2.16. The van der Waals surface area contributed by atoms with Crippen molar-refractivity contribution in [1.82, 2.24) is 4.57 Å². The third-order valence-electron chi connectivity index (χ3n) is 4.20. The number of hydrogen-bond donors (Lipinski definition) is 0. The molecule has 1 amide bonds. The number of carbonyl (C=O) groups is 1. The number of aromatic nitrogens is 1. The molecule has 3 aromatic rings. The van der Waals surface area contributed by atoms with Crippen LogP contribution in [-0.4, -0.2) is 31.8 Å². The molecule has 0 bridgehead atoms. The molecular weight excluding hydrogens is 384 g/mol. The first-order chi connectivity index (χ1) is 12.8. The quantitative estimate of drug-likeness (QED) is 0.655. The third-order valence-corrected chi connectivity index (χ3v) is 7.03. The number of fused-ring (bicyclic) bond motifs is 1. The molecule has 0 atom stereocenters. The largest absolute Gasteiger partial charge is 0.497 e. The van der Waals surface area contributed by atoms with E-state index >= 15 is 0 Å². The van der Waals surface area contributed by atoms with Crippen molar-refractivity contribution in [1.29, 1.82) is 0 Å². The fraction of sp³-hybridized carbons (Fsp3) is 0.263. The van der Waals surface area contributed by atoms with E-state index in [1.54, 1.807) is 31.4 Å². The summed E-state index contributed by atoms with van der Waals surface area (Å²) >= 11 is 1.36. The Balaban J connectivity index is 1.79. The molecule has 2 aromatic carbocycles. The Morgan fingerprint density at radius 2 is 1.89 bits per heavy atom. The van der Waals surface area contributed by atoms with Crippen LogP contribution in [-0.2, 0) is 21.7 Å². The van der Waals surface area contributed by atoms with Gasteiger partial charge in [0.15, 0.2) is 14.6 Å². The highest BCUT2D eigenvalue weighted by atomic mass is 32.2. The molecule has 6 nitrogen and oxygen atoms in total. The fourth-order valence-electron chi connectivity index (χ4n) is 2.60. The lowest BCUT2D eigenvalue weighted by atomic mass is 10.2. The highest BCUT2D eigenvalue weighted by Crippen LogP contribution is 2.22. The first kappa shape index (κ1) is 19.3. The molecule has 0 spiro atoms. The minimum atomic E-state index is -3.51. The number of aryl methyl sites for hydroxylation is 2. The first-order valence-corrected chi connectivity index (χ1v) is 10.8. The lowest BCUT2D eigenvalue weighted by Gasteiger charge is -2.03. The van der Waals surface area contributed by atoms with E-state index in [0.717, 1.165) is 21.5 Å². The van der Waals surface area contributed by atoms with Crippen LogP contribution in [0.4, 0.5) is 0 Å². The molecule has 8 heteroatoms. The van der Waals surface area contributed by atoms with Crippen molar-refractivity contribution in [2.24, 2.45) is 12.0 Å². The summed E-state index contributed by atoms with van der Waals surface area (Å²) in [5, 5.41) is 0. The summed E-state index contributed by atoms with van der Waals surface area (Å²) in [5.74, 6) is 0.00658. The van der Waals surface area contributed by atoms with Crippen molar-refractivity contribution < 1.29 is 17.9 Å². The molecule has 3 rings (SSSR count). The summed E-state index contributed by atoms with van der Waals surface area (Å²) < 4.78 is 32.7. The summed E-state index contributed by atoms with van der Waals surface area (Å²) in [5.41, 5.74) is 1.91. The monoisotopic (exact) mass is 404 g/mol. The van der Waals surface area contributed by atoms with Gasteiger partial charge in [-0.05, 0) is 37.3 Å². The average Bonchev–Trinajstić information content (AvgIpc) is 2.95. The van der Waals surface area contributed by atoms with Crippen LogP contribution in [0.1, 0.15) is 12.0 Å². The van der Waals surface area contributed by atoms with E-state index in [9.17, 15) is 13.2 Å². The van der Waals surface area contributed by atoms with Crippen LogP contribution >= 0.6 is 11.3 Å². The van der Waals surface area contributed by atoms with E-state index in [0.29, 0.717) is 4.80 Å². The summed E-state index contributed by atoms with van der Waals surface area (Å²) in [6, 6.07) is 12.2. The Hall–Kier alpha value is -2.45. The van der Waals surface area contributed by atoms with Crippen LogP contribution in [0.15, 0.2) is 52.4 Å². The summed E-state index contributed by atoms with van der Waals surface area (Å²) in [4.78, 5) is 17.1. The second-order valence-corrected chi connectivity index (χ2v) is 9.28. The van der Waals surface area contributed by atoms with E-state index in [1.807, 2.05) is 36.7 Å². The molecule has 0 fully saturated rings. The van der Waals surface area contributed by atoms with Crippen LogP contribution in [0, 0.1) is 6.92 Å². The van der Waals surface area contributed by atoms with Gasteiger partial charge in [-0.1, -0.05) is 29.0 Å². The minimum absolute atomic E-state index is 0.159. The van der Waals surface area contributed by atoms with Gasteiger partial charge in [-0.3, -0.25) is 4.79 Å². The van der Waals surface area contributed by atoms with Gasteiger partial charge in [-0.2, -0.15) is 4.99 Å². The van der Waals surface area contributed by atoms with E-state index in [2.05, 4.69) is 4.99 Å². The zero-order chi connectivity index (χ0) is 19.6. The number of rotatable bonds is 5. The van der Waals surface area contributed by atoms with Gasteiger partial charge < -0.3 is 9.30 Å². The van der Waals surface area contributed by atoms with Gasteiger partial charge in [0.25, 0.3) is 0 Å². The second kappa shape index (κ2) is 7.66. The minimum Gasteiger partial charge on any atom is -0.497 e. The van der Waals surface area contributed by atoms with Gasteiger partial charge in [-0.25, -0.2) is 8.42 Å². The number of ether oxygens (including phenoxy) is 1. The molecule has 0 saturated carbocycles. The number of carbonyl (C=O) groups excluding carboxylic acids is 1. The van der Waals surface area contributed by atoms with E-state index in [-0.39, 0.29) is 17.1 Å². The Morgan fingerprint density at radius 3 is 2.56 bits per heavy atom. The summed E-state index contributed by atoms with van der Waals surface area (Å²) in [7, 11) is -0.0937. The van der Waals surface area contributed by atoms with Crippen molar-refractivity contribution in [2.75, 3.05) is 12.9 Å². The number of sulfone groups is 1. The number of amides is 1. The average molecular weight is 405 g/mol. The Labute approximate surface area is 161 Å². The molecule has 0 unspecified atom stereocenters. The number of hydrogen-bond acceptors (Lipinski definition) is 5. The maximum atomic E-state index is 12.4. The first-order valence-electron chi connectivity index (χ1n) is 8.31. The SMILES string of the molecule is COc1ccc2c(c1)sc(=NC(=O)CCS(=O)(=O)c1ccc(C)cc1)n2C. The van der Waals surface area contributed by atoms with Crippen LogP contribution in [0.5, 0.6) is 5.75 Å². The number of thiazole rings is 1.